The molecule has 1 aromatic heterocycles. The van der Waals surface area contributed by atoms with Crippen molar-refractivity contribution in [3.8, 4) is 11.8 Å². The summed E-state index contributed by atoms with van der Waals surface area (Å²) in [6.07, 6.45) is 1.81. The third-order valence-electron chi connectivity index (χ3n) is 4.24. The van der Waals surface area contributed by atoms with Crippen LogP contribution in [0.15, 0.2) is 65.8 Å². The van der Waals surface area contributed by atoms with Gasteiger partial charge in [0.25, 0.3) is 0 Å². The Hall–Kier alpha value is -3.12. The van der Waals surface area contributed by atoms with Gasteiger partial charge in [-0.05, 0) is 38.1 Å². The first-order chi connectivity index (χ1) is 12.1. The van der Waals surface area contributed by atoms with E-state index in [9.17, 15) is 0 Å². The summed E-state index contributed by atoms with van der Waals surface area (Å²) >= 11 is 0. The third kappa shape index (κ3) is 3.25. The monoisotopic (exact) mass is 325 g/mol. The molecule has 0 spiro atoms. The van der Waals surface area contributed by atoms with Crippen molar-refractivity contribution in [2.75, 3.05) is 6.54 Å². The highest BCUT2D eigenvalue weighted by atomic mass is 15.1. The minimum Gasteiger partial charge on any atom is -0.363 e. The summed E-state index contributed by atoms with van der Waals surface area (Å²) in [6, 6.07) is 18.3. The fourth-order valence-corrected chi connectivity index (χ4v) is 2.90. The summed E-state index contributed by atoms with van der Waals surface area (Å²) in [4.78, 5) is 8.96. The molecule has 0 saturated heterocycles. The van der Waals surface area contributed by atoms with E-state index >= 15 is 0 Å². The van der Waals surface area contributed by atoms with Crippen molar-refractivity contribution in [2.24, 2.45) is 4.99 Å². The number of aromatic nitrogens is 1. The van der Waals surface area contributed by atoms with Gasteiger partial charge in [0.15, 0.2) is 0 Å². The zero-order chi connectivity index (χ0) is 17.3. The SMILES string of the molecule is CC1(C)CN=C(c2ccc(C#Cc3ccnc4ccccc34)cc2)N1. The second-order valence-electron chi connectivity index (χ2n) is 6.88. The van der Waals surface area contributed by atoms with Crippen molar-refractivity contribution in [3.63, 3.8) is 0 Å². The zero-order valence-electron chi connectivity index (χ0n) is 14.4. The Balaban J connectivity index is 1.59. The molecule has 1 aliphatic rings. The van der Waals surface area contributed by atoms with Crippen molar-refractivity contribution >= 4 is 16.7 Å². The van der Waals surface area contributed by atoms with Gasteiger partial charge in [0.2, 0.25) is 0 Å². The molecule has 3 aromatic rings. The quantitative estimate of drug-likeness (QED) is 0.692. The van der Waals surface area contributed by atoms with Gasteiger partial charge < -0.3 is 5.32 Å². The molecule has 2 aromatic carbocycles. The molecule has 0 bridgehead atoms. The van der Waals surface area contributed by atoms with Crippen LogP contribution in [0.3, 0.4) is 0 Å². The Morgan fingerprint density at radius 2 is 1.76 bits per heavy atom. The van der Waals surface area contributed by atoms with Crippen LogP contribution in [0.2, 0.25) is 0 Å². The van der Waals surface area contributed by atoms with E-state index < -0.39 is 0 Å². The smallest absolute Gasteiger partial charge is 0.128 e. The van der Waals surface area contributed by atoms with Gasteiger partial charge in [-0.25, -0.2) is 0 Å². The van der Waals surface area contributed by atoms with Gasteiger partial charge in [0, 0.05) is 28.3 Å². The van der Waals surface area contributed by atoms with E-state index in [1.165, 1.54) is 0 Å². The summed E-state index contributed by atoms with van der Waals surface area (Å²) in [5.74, 6) is 7.48. The van der Waals surface area contributed by atoms with Crippen molar-refractivity contribution in [1.29, 1.82) is 0 Å². The number of fused-ring (bicyclic) bond motifs is 1. The van der Waals surface area contributed by atoms with Crippen LogP contribution in [0, 0.1) is 11.8 Å². The molecule has 3 nitrogen and oxygen atoms in total. The number of pyridine rings is 1. The molecule has 3 heteroatoms. The van der Waals surface area contributed by atoms with Gasteiger partial charge in [-0.1, -0.05) is 42.2 Å². The number of amidine groups is 1. The fraction of sp³-hybridized carbons (Fsp3) is 0.182. The highest BCUT2D eigenvalue weighted by Gasteiger charge is 2.25. The lowest BCUT2D eigenvalue weighted by Gasteiger charge is -2.18. The highest BCUT2D eigenvalue weighted by Crippen LogP contribution is 2.16. The second-order valence-corrected chi connectivity index (χ2v) is 6.88. The minimum absolute atomic E-state index is 0.0379. The number of nitrogens with zero attached hydrogens (tertiary/aromatic N) is 2. The fourth-order valence-electron chi connectivity index (χ4n) is 2.90. The molecule has 0 saturated carbocycles. The van der Waals surface area contributed by atoms with Crippen molar-refractivity contribution in [1.82, 2.24) is 10.3 Å². The average Bonchev–Trinajstić information content (AvgIpc) is 3.00. The summed E-state index contributed by atoms with van der Waals surface area (Å²) in [5.41, 5.74) is 4.10. The van der Waals surface area contributed by atoms with Gasteiger partial charge in [0.05, 0.1) is 17.6 Å². The lowest BCUT2D eigenvalue weighted by molar-refractivity contribution is 0.506. The van der Waals surface area contributed by atoms with E-state index in [2.05, 4.69) is 59.2 Å². The molecular formula is C22H19N3. The Morgan fingerprint density at radius 1 is 0.960 bits per heavy atom. The van der Waals surface area contributed by atoms with Crippen LogP contribution in [0.5, 0.6) is 0 Å². The predicted molar refractivity (Wildman–Crippen MR) is 103 cm³/mol. The molecule has 0 aliphatic carbocycles. The lowest BCUT2D eigenvalue weighted by Crippen LogP contribution is -2.39. The van der Waals surface area contributed by atoms with Crippen LogP contribution in [-0.2, 0) is 0 Å². The van der Waals surface area contributed by atoms with Crippen molar-refractivity contribution in [2.45, 2.75) is 19.4 Å². The molecule has 1 N–H and O–H groups in total. The van der Waals surface area contributed by atoms with E-state index in [1.54, 1.807) is 6.20 Å². The maximum Gasteiger partial charge on any atom is 0.128 e. The Labute approximate surface area is 147 Å². The van der Waals surface area contributed by atoms with Gasteiger partial charge in [-0.3, -0.25) is 9.98 Å². The largest absolute Gasteiger partial charge is 0.363 e. The number of hydrogen-bond donors (Lipinski definition) is 1. The first-order valence-electron chi connectivity index (χ1n) is 8.40. The number of para-hydroxylation sites is 1. The van der Waals surface area contributed by atoms with Crippen molar-refractivity contribution < 1.29 is 0 Å². The summed E-state index contributed by atoms with van der Waals surface area (Å²) < 4.78 is 0. The number of rotatable bonds is 1. The molecule has 122 valence electrons. The van der Waals surface area contributed by atoms with E-state index in [1.807, 2.05) is 36.4 Å². The van der Waals surface area contributed by atoms with Crippen LogP contribution < -0.4 is 5.32 Å². The molecule has 0 radical (unpaired) electrons. The van der Waals surface area contributed by atoms with Gasteiger partial charge in [0.1, 0.15) is 5.84 Å². The summed E-state index contributed by atoms with van der Waals surface area (Å²) in [5, 5.41) is 4.54. The maximum atomic E-state index is 4.58. The van der Waals surface area contributed by atoms with Gasteiger partial charge >= 0.3 is 0 Å². The normalized spacial score (nSPS) is 15.2. The molecule has 1 aliphatic heterocycles. The average molecular weight is 325 g/mol. The predicted octanol–water partition coefficient (Wildman–Crippen LogP) is 3.76. The van der Waals surface area contributed by atoms with Gasteiger partial charge in [-0.2, -0.15) is 0 Å². The topological polar surface area (TPSA) is 37.3 Å². The first kappa shape index (κ1) is 15.4. The molecule has 0 atom stereocenters. The van der Waals surface area contributed by atoms with E-state index in [4.69, 9.17) is 0 Å². The molecule has 0 amide bonds. The van der Waals surface area contributed by atoms with Crippen molar-refractivity contribution in [3.05, 3.63) is 77.5 Å². The van der Waals surface area contributed by atoms with Gasteiger partial charge in [-0.15, -0.1) is 0 Å². The molecular weight excluding hydrogens is 306 g/mol. The van der Waals surface area contributed by atoms with Crippen LogP contribution >= 0.6 is 0 Å². The van der Waals surface area contributed by atoms with E-state index in [0.29, 0.717) is 0 Å². The van der Waals surface area contributed by atoms with E-state index in [-0.39, 0.29) is 5.54 Å². The number of aliphatic imine (C=N–C) groups is 1. The van der Waals surface area contributed by atoms with Crippen LogP contribution in [0.25, 0.3) is 10.9 Å². The maximum absolute atomic E-state index is 4.58. The van der Waals surface area contributed by atoms with Crippen LogP contribution in [-0.4, -0.2) is 22.9 Å². The van der Waals surface area contributed by atoms with Crippen LogP contribution in [0.4, 0.5) is 0 Å². The van der Waals surface area contributed by atoms with Crippen LogP contribution in [0.1, 0.15) is 30.5 Å². The number of benzene rings is 2. The number of hydrogen-bond acceptors (Lipinski definition) is 3. The van der Waals surface area contributed by atoms with E-state index in [0.717, 1.165) is 40.0 Å². The molecule has 2 heterocycles. The molecule has 0 fully saturated rings. The minimum atomic E-state index is 0.0379. The lowest BCUT2D eigenvalue weighted by atomic mass is 10.1. The Kier molecular flexibility index (Phi) is 3.74. The standard InChI is InChI=1S/C22H19N3/c1-22(2)15-24-21(25-22)18-11-8-16(9-12-18)7-10-17-13-14-23-20-6-4-3-5-19(17)20/h3-6,8-9,11-14H,15H2,1-2H3,(H,24,25). The molecule has 4 rings (SSSR count). The summed E-state index contributed by atoms with van der Waals surface area (Å²) in [6.45, 7) is 5.11. The zero-order valence-corrected chi connectivity index (χ0v) is 14.4. The first-order valence-corrected chi connectivity index (χ1v) is 8.40. The Bertz CT molecular complexity index is 1010. The molecule has 0 unspecified atom stereocenters. The molecule has 25 heavy (non-hydrogen) atoms. The Morgan fingerprint density at radius 3 is 2.52 bits per heavy atom. The second kappa shape index (κ2) is 6.07. The summed E-state index contributed by atoms with van der Waals surface area (Å²) in [7, 11) is 0. The third-order valence-corrected chi connectivity index (χ3v) is 4.24. The highest BCUT2D eigenvalue weighted by molar-refractivity contribution is 6.00. The number of nitrogens with one attached hydrogen (secondary N) is 1.